The van der Waals surface area contributed by atoms with E-state index in [-0.39, 0.29) is 11.9 Å². The fourth-order valence-electron chi connectivity index (χ4n) is 4.48. The Hall–Kier alpha value is -2.17. The second-order valence-corrected chi connectivity index (χ2v) is 8.57. The van der Waals surface area contributed by atoms with Gasteiger partial charge in [0, 0.05) is 18.3 Å². The van der Waals surface area contributed by atoms with Crippen molar-refractivity contribution >= 4 is 11.6 Å². The molecule has 2 N–H and O–H groups in total. The summed E-state index contributed by atoms with van der Waals surface area (Å²) in [7, 11) is 0. The van der Waals surface area contributed by atoms with Gasteiger partial charge in [0.05, 0.1) is 6.54 Å². The summed E-state index contributed by atoms with van der Waals surface area (Å²) in [5.74, 6) is 0.00195. The molecule has 1 saturated heterocycles. The van der Waals surface area contributed by atoms with Crippen LogP contribution in [0.2, 0.25) is 0 Å². The number of carbonyl (C=O) groups excluding carboxylic acids is 1. The van der Waals surface area contributed by atoms with Crippen LogP contribution in [0, 0.1) is 0 Å². The van der Waals surface area contributed by atoms with Crippen LogP contribution in [0.4, 0.5) is 5.69 Å². The van der Waals surface area contributed by atoms with E-state index in [1.807, 2.05) is 12.1 Å². The topological polar surface area (TPSA) is 44.4 Å². The number of likely N-dealkylation sites (tertiary alicyclic amines) is 1. The van der Waals surface area contributed by atoms with Crippen LogP contribution >= 0.6 is 0 Å². The maximum absolute atomic E-state index is 12.4. The lowest BCUT2D eigenvalue weighted by Crippen LogP contribution is -2.30. The fraction of sp³-hybridized carbons (Fsp3) is 0.480. The zero-order valence-electron chi connectivity index (χ0n) is 17.5. The van der Waals surface area contributed by atoms with Gasteiger partial charge in [-0.3, -0.25) is 9.69 Å². The molecule has 29 heavy (non-hydrogen) atoms. The molecule has 2 aromatic rings. The minimum absolute atomic E-state index is 0.00195. The Morgan fingerprint density at radius 1 is 0.966 bits per heavy atom. The van der Waals surface area contributed by atoms with Gasteiger partial charge in [-0.2, -0.15) is 0 Å². The molecule has 4 nitrogen and oxygen atoms in total. The van der Waals surface area contributed by atoms with Crippen LogP contribution in [0.5, 0.6) is 0 Å². The minimum atomic E-state index is 0.00195. The van der Waals surface area contributed by atoms with Crippen LogP contribution in [-0.2, 0) is 24.2 Å². The first kappa shape index (κ1) is 20.1. The van der Waals surface area contributed by atoms with Crippen molar-refractivity contribution in [2.75, 3.05) is 25.0 Å². The number of nitrogens with zero attached hydrogens (tertiary/aromatic N) is 1. The molecule has 0 saturated carbocycles. The van der Waals surface area contributed by atoms with Gasteiger partial charge in [0.15, 0.2) is 0 Å². The average molecular weight is 392 g/mol. The van der Waals surface area contributed by atoms with E-state index in [9.17, 15) is 4.79 Å². The summed E-state index contributed by atoms with van der Waals surface area (Å²) in [5.41, 5.74) is 6.43. The second-order valence-electron chi connectivity index (χ2n) is 8.57. The number of hydrogen-bond acceptors (Lipinski definition) is 3. The highest BCUT2D eigenvalue weighted by atomic mass is 16.1. The number of aryl methyl sites for hydroxylation is 2. The van der Waals surface area contributed by atoms with Crippen LogP contribution < -0.4 is 10.6 Å². The van der Waals surface area contributed by atoms with Gasteiger partial charge in [0.25, 0.3) is 0 Å². The summed E-state index contributed by atoms with van der Waals surface area (Å²) in [6.45, 7) is 5.85. The van der Waals surface area contributed by atoms with Gasteiger partial charge in [0.1, 0.15) is 0 Å². The highest BCUT2D eigenvalue weighted by molar-refractivity contribution is 5.92. The monoisotopic (exact) mass is 391 g/mol. The lowest BCUT2D eigenvalue weighted by atomic mass is 9.89. The summed E-state index contributed by atoms with van der Waals surface area (Å²) in [4.78, 5) is 14.8. The van der Waals surface area contributed by atoms with E-state index in [0.29, 0.717) is 6.54 Å². The Balaban J connectivity index is 1.25. The van der Waals surface area contributed by atoms with Gasteiger partial charge < -0.3 is 10.6 Å². The van der Waals surface area contributed by atoms with E-state index in [4.69, 9.17) is 0 Å². The molecule has 154 valence electrons. The third-order valence-corrected chi connectivity index (χ3v) is 6.28. The van der Waals surface area contributed by atoms with Crippen molar-refractivity contribution in [3.8, 4) is 0 Å². The molecule has 2 aliphatic rings. The maximum Gasteiger partial charge on any atom is 0.238 e. The normalized spacial score (nSPS) is 17.7. The zero-order chi connectivity index (χ0) is 20.1. The molecule has 1 aliphatic heterocycles. The van der Waals surface area contributed by atoms with Crippen LogP contribution in [0.15, 0.2) is 42.5 Å². The van der Waals surface area contributed by atoms with Gasteiger partial charge in [-0.15, -0.1) is 0 Å². The molecule has 0 bridgehead atoms. The third-order valence-electron chi connectivity index (χ3n) is 6.28. The van der Waals surface area contributed by atoms with Crippen LogP contribution in [0.3, 0.4) is 0 Å². The highest BCUT2D eigenvalue weighted by Gasteiger charge is 2.14. The van der Waals surface area contributed by atoms with E-state index in [0.717, 1.165) is 12.2 Å². The van der Waals surface area contributed by atoms with Crippen LogP contribution in [0.25, 0.3) is 0 Å². The molecule has 0 aromatic heterocycles. The number of amides is 1. The molecule has 4 rings (SSSR count). The van der Waals surface area contributed by atoms with Gasteiger partial charge in [0.2, 0.25) is 5.91 Å². The molecular weight excluding hydrogens is 358 g/mol. The number of nitrogens with one attached hydrogen (secondary N) is 2. The predicted octanol–water partition coefficient (Wildman–Crippen LogP) is 4.45. The highest BCUT2D eigenvalue weighted by Crippen LogP contribution is 2.24. The predicted molar refractivity (Wildman–Crippen MR) is 119 cm³/mol. The number of anilines is 1. The van der Waals surface area contributed by atoms with E-state index in [1.54, 1.807) is 0 Å². The third kappa shape index (κ3) is 5.46. The van der Waals surface area contributed by atoms with Gasteiger partial charge >= 0.3 is 0 Å². The molecule has 0 spiro atoms. The standard InChI is InChI=1S/C25H33N3O/c1-19(22-11-10-21-6-2-3-7-23(21)16-22)26-17-25(29)27-24-12-8-20(9-13-24)18-28-14-4-5-15-28/h8-13,16,19,26H,2-7,14-15,17-18H2,1H3,(H,27,29)/t19-/m1/s1. The minimum Gasteiger partial charge on any atom is -0.325 e. The Morgan fingerprint density at radius 2 is 1.69 bits per heavy atom. The first-order chi connectivity index (χ1) is 14.2. The van der Waals surface area contributed by atoms with Gasteiger partial charge in [-0.05, 0) is 92.9 Å². The van der Waals surface area contributed by atoms with Crippen molar-refractivity contribution in [2.24, 2.45) is 0 Å². The van der Waals surface area contributed by atoms with E-state index < -0.39 is 0 Å². The fourth-order valence-corrected chi connectivity index (χ4v) is 4.48. The molecule has 1 aliphatic carbocycles. The molecule has 4 heteroatoms. The average Bonchev–Trinajstić information content (AvgIpc) is 3.26. The summed E-state index contributed by atoms with van der Waals surface area (Å²) in [5, 5.41) is 6.37. The number of carbonyl (C=O) groups is 1. The number of fused-ring (bicyclic) bond motifs is 1. The quantitative estimate of drug-likeness (QED) is 0.733. The van der Waals surface area contributed by atoms with Gasteiger partial charge in [-0.1, -0.05) is 30.3 Å². The van der Waals surface area contributed by atoms with E-state index in [2.05, 4.69) is 52.8 Å². The van der Waals surface area contributed by atoms with Crippen molar-refractivity contribution in [2.45, 2.75) is 58.0 Å². The van der Waals surface area contributed by atoms with E-state index >= 15 is 0 Å². The number of rotatable bonds is 7. The Bertz CT molecular complexity index is 824. The first-order valence-corrected chi connectivity index (χ1v) is 11.1. The summed E-state index contributed by atoms with van der Waals surface area (Å²) >= 11 is 0. The number of hydrogen-bond donors (Lipinski definition) is 2. The summed E-state index contributed by atoms with van der Waals surface area (Å²) in [6, 6.07) is 15.2. The summed E-state index contributed by atoms with van der Waals surface area (Å²) in [6.07, 6.45) is 7.61. The van der Waals surface area contributed by atoms with Crippen molar-refractivity contribution in [3.05, 3.63) is 64.7 Å². The van der Waals surface area contributed by atoms with Gasteiger partial charge in [-0.25, -0.2) is 0 Å². The first-order valence-electron chi connectivity index (χ1n) is 11.1. The number of benzene rings is 2. The second kappa shape index (κ2) is 9.55. The van der Waals surface area contributed by atoms with Crippen molar-refractivity contribution in [1.82, 2.24) is 10.2 Å². The van der Waals surface area contributed by atoms with Crippen molar-refractivity contribution < 1.29 is 4.79 Å². The molecule has 1 atom stereocenters. The SMILES string of the molecule is C[C@@H](NCC(=O)Nc1ccc(CN2CCCC2)cc1)c1ccc2c(c1)CCCC2. The molecule has 2 aromatic carbocycles. The molecule has 1 fully saturated rings. The molecular formula is C25H33N3O. The zero-order valence-corrected chi connectivity index (χ0v) is 17.5. The van der Waals surface area contributed by atoms with Crippen LogP contribution in [0.1, 0.15) is 60.9 Å². The van der Waals surface area contributed by atoms with Crippen LogP contribution in [-0.4, -0.2) is 30.4 Å². The van der Waals surface area contributed by atoms with Crippen molar-refractivity contribution in [1.29, 1.82) is 0 Å². The molecule has 0 unspecified atom stereocenters. The van der Waals surface area contributed by atoms with E-state index in [1.165, 1.54) is 73.9 Å². The largest absolute Gasteiger partial charge is 0.325 e. The Kier molecular flexibility index (Phi) is 6.63. The molecule has 1 amide bonds. The maximum atomic E-state index is 12.4. The van der Waals surface area contributed by atoms with Crippen molar-refractivity contribution in [3.63, 3.8) is 0 Å². The smallest absolute Gasteiger partial charge is 0.238 e. The Labute approximate surface area is 174 Å². The molecule has 0 radical (unpaired) electrons. The lowest BCUT2D eigenvalue weighted by molar-refractivity contribution is -0.115. The summed E-state index contributed by atoms with van der Waals surface area (Å²) < 4.78 is 0. The Morgan fingerprint density at radius 3 is 2.45 bits per heavy atom. The lowest BCUT2D eigenvalue weighted by Gasteiger charge is -2.20. The molecule has 1 heterocycles.